The molecule has 4 nitrogen and oxygen atoms in total. The van der Waals surface area contributed by atoms with Gasteiger partial charge in [-0.15, -0.1) is 5.92 Å². The van der Waals surface area contributed by atoms with E-state index in [-0.39, 0.29) is 25.0 Å². The molecule has 120 valence electrons. The largest absolute Gasteiger partial charge is 0.465 e. The smallest absolute Gasteiger partial charge is 0.321 e. The molecule has 0 rings (SSSR count). The third-order valence-electron chi connectivity index (χ3n) is 3.08. The second kappa shape index (κ2) is 11.2. The van der Waals surface area contributed by atoms with Gasteiger partial charge in [0.05, 0.1) is 13.2 Å². The van der Waals surface area contributed by atoms with Crippen LogP contribution in [-0.2, 0) is 19.1 Å². The number of rotatable bonds is 8. The zero-order chi connectivity index (χ0) is 16.3. The van der Waals surface area contributed by atoms with Crippen LogP contribution >= 0.6 is 0 Å². The summed E-state index contributed by atoms with van der Waals surface area (Å²) in [6.07, 6.45) is 2.86. The second-order valence-corrected chi connectivity index (χ2v) is 5.18. The Hall–Kier alpha value is -1.50. The van der Waals surface area contributed by atoms with E-state index >= 15 is 0 Å². The predicted octanol–water partition coefficient (Wildman–Crippen LogP) is 3.19. The van der Waals surface area contributed by atoms with Gasteiger partial charge in [0.15, 0.2) is 5.92 Å². The fourth-order valence-corrected chi connectivity index (χ4v) is 1.94. The Bertz CT molecular complexity index is 358. The molecule has 4 heteroatoms. The van der Waals surface area contributed by atoms with Crippen LogP contribution in [0.1, 0.15) is 53.9 Å². The maximum Gasteiger partial charge on any atom is 0.321 e. The van der Waals surface area contributed by atoms with Crippen molar-refractivity contribution in [2.75, 3.05) is 13.2 Å². The first-order chi connectivity index (χ1) is 9.99. The molecule has 0 N–H and O–H groups in total. The Morgan fingerprint density at radius 1 is 1.00 bits per heavy atom. The van der Waals surface area contributed by atoms with Crippen molar-refractivity contribution in [3.05, 3.63) is 0 Å². The molecular weight excluding hydrogens is 268 g/mol. The van der Waals surface area contributed by atoms with Gasteiger partial charge in [-0.05, 0) is 26.2 Å². The lowest BCUT2D eigenvalue weighted by Crippen LogP contribution is -2.36. The van der Waals surface area contributed by atoms with Crippen LogP contribution in [0.3, 0.4) is 0 Å². The summed E-state index contributed by atoms with van der Waals surface area (Å²) in [4.78, 5) is 24.2. The van der Waals surface area contributed by atoms with Gasteiger partial charge in [0.2, 0.25) is 0 Å². The lowest BCUT2D eigenvalue weighted by atomic mass is 9.83. The molecule has 0 aliphatic rings. The van der Waals surface area contributed by atoms with Crippen LogP contribution in [0.5, 0.6) is 0 Å². The molecule has 0 spiro atoms. The van der Waals surface area contributed by atoms with Gasteiger partial charge in [-0.2, -0.15) is 0 Å². The first-order valence-corrected chi connectivity index (χ1v) is 7.81. The van der Waals surface area contributed by atoms with Crippen molar-refractivity contribution in [2.45, 2.75) is 53.9 Å². The highest BCUT2D eigenvalue weighted by Gasteiger charge is 2.38. The molecular formula is C17H28O4. The van der Waals surface area contributed by atoms with Gasteiger partial charge >= 0.3 is 11.9 Å². The van der Waals surface area contributed by atoms with E-state index in [1.54, 1.807) is 13.8 Å². The standard InChI is InChI=1S/C17H28O4/c1-6-9-10-11-12-14(13(4)5)15(16(18)20-7-2)17(19)21-8-3/h13-15H,6-10H2,1-5H3. The van der Waals surface area contributed by atoms with Crippen molar-refractivity contribution < 1.29 is 19.1 Å². The molecule has 0 aromatic carbocycles. The zero-order valence-corrected chi connectivity index (χ0v) is 13.9. The summed E-state index contributed by atoms with van der Waals surface area (Å²) in [6, 6.07) is 0. The molecule has 0 aromatic heterocycles. The van der Waals surface area contributed by atoms with Crippen molar-refractivity contribution in [3.8, 4) is 11.8 Å². The highest BCUT2D eigenvalue weighted by atomic mass is 16.6. The van der Waals surface area contributed by atoms with E-state index in [2.05, 4.69) is 18.8 Å². The third-order valence-corrected chi connectivity index (χ3v) is 3.08. The Kier molecular flexibility index (Phi) is 10.4. The summed E-state index contributed by atoms with van der Waals surface area (Å²) in [6.45, 7) is 9.91. The molecule has 0 radical (unpaired) electrons. The molecule has 0 saturated heterocycles. The van der Waals surface area contributed by atoms with E-state index in [4.69, 9.17) is 9.47 Å². The van der Waals surface area contributed by atoms with Gasteiger partial charge < -0.3 is 9.47 Å². The van der Waals surface area contributed by atoms with Crippen molar-refractivity contribution in [2.24, 2.45) is 17.8 Å². The molecule has 1 unspecified atom stereocenters. The summed E-state index contributed by atoms with van der Waals surface area (Å²) >= 11 is 0. The average Bonchev–Trinajstić information content (AvgIpc) is 2.42. The van der Waals surface area contributed by atoms with E-state index in [1.165, 1.54) is 0 Å². The molecule has 1 atom stereocenters. The highest BCUT2D eigenvalue weighted by Crippen LogP contribution is 2.23. The molecule has 0 bridgehead atoms. The van der Waals surface area contributed by atoms with E-state index in [0.717, 1.165) is 19.3 Å². The molecule has 0 aliphatic heterocycles. The van der Waals surface area contributed by atoms with E-state index in [1.807, 2.05) is 13.8 Å². The number of hydrogen-bond acceptors (Lipinski definition) is 4. The van der Waals surface area contributed by atoms with Crippen molar-refractivity contribution in [1.29, 1.82) is 0 Å². The monoisotopic (exact) mass is 296 g/mol. The Morgan fingerprint density at radius 2 is 1.52 bits per heavy atom. The van der Waals surface area contributed by atoms with Crippen LogP contribution in [0.2, 0.25) is 0 Å². The maximum atomic E-state index is 12.1. The lowest BCUT2D eigenvalue weighted by molar-refractivity contribution is -0.164. The summed E-state index contributed by atoms with van der Waals surface area (Å²) in [7, 11) is 0. The molecule has 0 fully saturated rings. The van der Waals surface area contributed by atoms with Crippen LogP contribution in [-0.4, -0.2) is 25.2 Å². The number of esters is 2. The molecule has 0 aromatic rings. The Balaban J connectivity index is 5.21. The number of carbonyl (C=O) groups is 2. The van der Waals surface area contributed by atoms with Crippen LogP contribution in [0, 0.1) is 29.6 Å². The highest BCUT2D eigenvalue weighted by molar-refractivity contribution is 5.95. The maximum absolute atomic E-state index is 12.1. The predicted molar refractivity (Wildman–Crippen MR) is 82.4 cm³/mol. The summed E-state index contributed by atoms with van der Waals surface area (Å²) in [5, 5.41) is 0. The second-order valence-electron chi connectivity index (χ2n) is 5.18. The van der Waals surface area contributed by atoms with E-state index in [0.29, 0.717) is 0 Å². The van der Waals surface area contributed by atoms with Crippen LogP contribution in [0.4, 0.5) is 0 Å². The minimum absolute atomic E-state index is 0.0675. The van der Waals surface area contributed by atoms with Crippen molar-refractivity contribution in [1.82, 2.24) is 0 Å². The number of unbranched alkanes of at least 4 members (excludes halogenated alkanes) is 2. The van der Waals surface area contributed by atoms with Gasteiger partial charge in [-0.1, -0.05) is 33.1 Å². The van der Waals surface area contributed by atoms with Gasteiger partial charge in [-0.25, -0.2) is 0 Å². The molecule has 0 saturated carbocycles. The number of hydrogen-bond donors (Lipinski definition) is 0. The minimum Gasteiger partial charge on any atom is -0.465 e. The van der Waals surface area contributed by atoms with Gasteiger partial charge in [0.1, 0.15) is 0 Å². The van der Waals surface area contributed by atoms with Crippen LogP contribution in [0.15, 0.2) is 0 Å². The first kappa shape index (κ1) is 19.5. The normalized spacial score (nSPS) is 11.8. The minimum atomic E-state index is -0.959. The fourth-order valence-electron chi connectivity index (χ4n) is 1.94. The molecule has 0 aliphatic carbocycles. The van der Waals surface area contributed by atoms with Gasteiger partial charge in [0, 0.05) is 12.3 Å². The quantitative estimate of drug-likeness (QED) is 0.299. The summed E-state index contributed by atoms with van der Waals surface area (Å²) in [5.74, 6) is 3.81. The Morgan fingerprint density at radius 3 is 1.90 bits per heavy atom. The molecule has 0 amide bonds. The summed E-state index contributed by atoms with van der Waals surface area (Å²) in [5.41, 5.74) is 0. The average molecular weight is 296 g/mol. The van der Waals surface area contributed by atoms with Crippen molar-refractivity contribution >= 4 is 11.9 Å². The molecule has 21 heavy (non-hydrogen) atoms. The van der Waals surface area contributed by atoms with Gasteiger partial charge in [-0.3, -0.25) is 9.59 Å². The van der Waals surface area contributed by atoms with Crippen LogP contribution < -0.4 is 0 Å². The van der Waals surface area contributed by atoms with Crippen molar-refractivity contribution in [3.63, 3.8) is 0 Å². The lowest BCUT2D eigenvalue weighted by Gasteiger charge is -2.23. The molecule has 0 heterocycles. The van der Waals surface area contributed by atoms with Crippen LogP contribution in [0.25, 0.3) is 0 Å². The fraction of sp³-hybridized carbons (Fsp3) is 0.765. The number of ether oxygens (including phenoxy) is 2. The Labute approximate surface area is 128 Å². The first-order valence-electron chi connectivity index (χ1n) is 7.81. The summed E-state index contributed by atoms with van der Waals surface area (Å²) < 4.78 is 10.0. The number of carbonyl (C=O) groups excluding carboxylic acids is 2. The topological polar surface area (TPSA) is 52.6 Å². The van der Waals surface area contributed by atoms with Gasteiger partial charge in [0.25, 0.3) is 0 Å². The zero-order valence-electron chi connectivity index (χ0n) is 13.9. The third kappa shape index (κ3) is 7.17. The van der Waals surface area contributed by atoms with E-state index in [9.17, 15) is 9.59 Å². The van der Waals surface area contributed by atoms with E-state index < -0.39 is 17.9 Å². The SMILES string of the molecule is CCCCC#CC(C(C)C)C(C(=O)OCC)C(=O)OCC.